The molecule has 0 saturated carbocycles. The average Bonchev–Trinajstić information content (AvgIpc) is 3.06. The van der Waals surface area contributed by atoms with E-state index in [-0.39, 0.29) is 18.5 Å². The van der Waals surface area contributed by atoms with Crippen molar-refractivity contribution in [1.82, 2.24) is 10.6 Å². The Bertz CT molecular complexity index is 815. The molecule has 0 spiro atoms. The molecule has 0 radical (unpaired) electrons. The first-order valence-corrected chi connectivity index (χ1v) is 27.5. The first-order chi connectivity index (χ1) is 23.1. The van der Waals surface area contributed by atoms with Crippen LogP contribution in [0.5, 0.6) is 0 Å². The van der Waals surface area contributed by atoms with Crippen LogP contribution in [0.15, 0.2) is 9.98 Å². The summed E-state index contributed by atoms with van der Waals surface area (Å²) >= 11 is 17.6. The van der Waals surface area contributed by atoms with Crippen LogP contribution in [-0.2, 0) is 25.3 Å². The molecule has 1 atom stereocenters. The topological polar surface area (TPSA) is 168 Å². The Morgan fingerprint density at radius 3 is 1.98 bits per heavy atom. The molecule has 47 heavy (non-hydrogen) atoms. The van der Waals surface area contributed by atoms with E-state index in [9.17, 15) is 13.8 Å². The summed E-state index contributed by atoms with van der Waals surface area (Å²) in [5.41, 5.74) is 1.50. The number of carbonyl (C=O) groups excluding carboxylic acids is 2. The maximum absolute atomic E-state index is 12.0. The van der Waals surface area contributed by atoms with Crippen molar-refractivity contribution in [3.8, 4) is 0 Å². The molecule has 0 saturated heterocycles. The molecule has 0 aromatic carbocycles. The summed E-state index contributed by atoms with van der Waals surface area (Å²) in [4.78, 5) is 41.5. The van der Waals surface area contributed by atoms with Gasteiger partial charge in [-0.2, -0.15) is 28.4 Å². The quantitative estimate of drug-likeness (QED) is 0.0151. The molecule has 0 aliphatic rings. The number of amides is 2. The van der Waals surface area contributed by atoms with Crippen LogP contribution in [0.2, 0.25) is 0 Å². The summed E-state index contributed by atoms with van der Waals surface area (Å²) < 4.78 is 17.1. The third-order valence-electron chi connectivity index (χ3n) is 3.90. The molecule has 0 fully saturated rings. The highest BCUT2D eigenvalue weighted by molar-refractivity contribution is 8.29. The second-order valence-electron chi connectivity index (χ2n) is 7.47. The number of nitrogens with one attached hydrogen (secondary N) is 2. The molecule has 4 N–H and O–H groups in total. The molecular formula is C23H44N4O8S12. The van der Waals surface area contributed by atoms with E-state index in [1.807, 2.05) is 0 Å². The van der Waals surface area contributed by atoms with Crippen LogP contribution in [0.25, 0.3) is 0 Å². The normalized spacial score (nSPS) is 12.1. The molecule has 0 aromatic heterocycles. The molecule has 0 aliphatic carbocycles. The van der Waals surface area contributed by atoms with Crippen LogP contribution < -0.4 is 10.6 Å². The largest absolute Gasteiger partial charge is 0.449 e. The van der Waals surface area contributed by atoms with Crippen LogP contribution in [0, 0.1) is 0 Å². The molecule has 0 rings (SSSR count). The molecule has 1 unspecified atom stereocenters. The third-order valence-corrected chi connectivity index (χ3v) is 17.3. The van der Waals surface area contributed by atoms with Crippen molar-refractivity contribution >= 4 is 163 Å². The lowest BCUT2D eigenvalue weighted by molar-refractivity contribution is -0.210. The van der Waals surface area contributed by atoms with Crippen molar-refractivity contribution in [3.63, 3.8) is 0 Å². The number of nitrogens with zero attached hydrogens (tertiary/aromatic N) is 2. The van der Waals surface area contributed by atoms with Crippen molar-refractivity contribution in [2.75, 3.05) is 109 Å². The Balaban J connectivity index is 3.39. The number of aliphatic imine (C=N–C) groups is 2. The van der Waals surface area contributed by atoms with Gasteiger partial charge < -0.3 is 30.5 Å². The Hall–Kier alpha value is 1.76. The first-order valence-electron chi connectivity index (χ1n) is 13.5. The number of carbonyl (C=O) groups is 2. The Labute approximate surface area is 328 Å². The van der Waals surface area contributed by atoms with E-state index in [4.69, 9.17) is 24.7 Å². The highest BCUT2D eigenvalue weighted by Gasteiger charge is 2.03. The van der Waals surface area contributed by atoms with Gasteiger partial charge in [0.25, 0.3) is 5.24 Å². The van der Waals surface area contributed by atoms with Crippen molar-refractivity contribution in [1.29, 1.82) is 0 Å². The fourth-order valence-corrected chi connectivity index (χ4v) is 13.4. The van der Waals surface area contributed by atoms with E-state index < -0.39 is 16.9 Å². The molecule has 0 aliphatic heterocycles. The SMILES string of the molecule is O=C(NCSCSCSC/N=C\S(=O)CSCSCSC(=O)NCSCSCSC/N=C\OOCCSCCO)OCCSCCO. The van der Waals surface area contributed by atoms with Gasteiger partial charge in [-0.15, -0.1) is 94.1 Å². The maximum atomic E-state index is 12.0. The van der Waals surface area contributed by atoms with Crippen molar-refractivity contribution in [3.05, 3.63) is 0 Å². The fraction of sp³-hybridized carbons (Fsp3) is 0.826. The van der Waals surface area contributed by atoms with Gasteiger partial charge in [0.1, 0.15) is 13.2 Å². The number of ether oxygens (including phenoxy) is 1. The minimum absolute atomic E-state index is 0.0410. The number of rotatable bonds is 35. The lowest BCUT2D eigenvalue weighted by Crippen LogP contribution is -2.24. The average molecular weight is 889 g/mol. The first kappa shape index (κ1) is 48.8. The van der Waals surface area contributed by atoms with Gasteiger partial charge in [-0.3, -0.25) is 14.0 Å². The molecule has 0 bridgehead atoms. The van der Waals surface area contributed by atoms with Gasteiger partial charge in [0.2, 0.25) is 6.40 Å². The number of thioether (sulfide) groups is 11. The predicted octanol–water partition coefficient (Wildman–Crippen LogP) is 5.76. The molecule has 12 nitrogen and oxygen atoms in total. The van der Waals surface area contributed by atoms with Crippen LogP contribution >= 0.6 is 129 Å². The summed E-state index contributed by atoms with van der Waals surface area (Å²) in [7, 11) is -1.12. The smallest absolute Gasteiger partial charge is 0.407 e. The summed E-state index contributed by atoms with van der Waals surface area (Å²) in [5, 5.41) is 28.2. The molecule has 276 valence electrons. The lowest BCUT2D eigenvalue weighted by atomic mass is 10.8. The van der Waals surface area contributed by atoms with Crippen LogP contribution in [-0.4, -0.2) is 146 Å². The van der Waals surface area contributed by atoms with Crippen LogP contribution in [0.3, 0.4) is 0 Å². The zero-order chi connectivity index (χ0) is 34.3. The van der Waals surface area contributed by atoms with E-state index in [0.29, 0.717) is 64.1 Å². The number of hydrogen-bond donors (Lipinski definition) is 4. The lowest BCUT2D eigenvalue weighted by Gasteiger charge is -2.06. The fourth-order valence-electron chi connectivity index (χ4n) is 2.10. The Kier molecular flexibility index (Phi) is 43.8. The van der Waals surface area contributed by atoms with Gasteiger partial charge in [-0.25, -0.2) is 9.79 Å². The third kappa shape index (κ3) is 42.1. The van der Waals surface area contributed by atoms with Gasteiger partial charge in [0.05, 0.1) is 58.2 Å². The van der Waals surface area contributed by atoms with Gasteiger partial charge >= 0.3 is 6.09 Å². The van der Waals surface area contributed by atoms with E-state index in [2.05, 4.69) is 20.6 Å². The Morgan fingerprint density at radius 2 is 1.28 bits per heavy atom. The van der Waals surface area contributed by atoms with Crippen LogP contribution in [0.4, 0.5) is 9.59 Å². The van der Waals surface area contributed by atoms with Crippen LogP contribution in [0.1, 0.15) is 0 Å². The zero-order valence-corrected chi connectivity index (χ0v) is 35.5. The van der Waals surface area contributed by atoms with E-state index >= 15 is 0 Å². The van der Waals surface area contributed by atoms with Crippen molar-refractivity contribution in [2.24, 2.45) is 9.98 Å². The summed E-state index contributed by atoms with van der Waals surface area (Å²) in [6, 6.07) is 0. The minimum Gasteiger partial charge on any atom is -0.449 e. The maximum Gasteiger partial charge on any atom is 0.407 e. The highest BCUT2D eigenvalue weighted by atomic mass is 32.3. The molecule has 0 heterocycles. The van der Waals surface area contributed by atoms with Gasteiger partial charge in [-0.05, 0) is 0 Å². The number of hydrogen-bond acceptors (Lipinski definition) is 21. The monoisotopic (exact) mass is 888 g/mol. The number of aliphatic hydroxyl groups excluding tert-OH is 2. The summed E-state index contributed by atoms with van der Waals surface area (Å²) in [6.45, 7) is 1.07. The second-order valence-corrected chi connectivity index (χ2v) is 22.5. The van der Waals surface area contributed by atoms with Gasteiger partial charge in [-0.1, -0.05) is 11.8 Å². The van der Waals surface area contributed by atoms with Crippen molar-refractivity contribution < 1.29 is 38.5 Å². The molecule has 2 amide bonds. The van der Waals surface area contributed by atoms with E-state index in [1.165, 1.54) is 35.5 Å². The summed E-state index contributed by atoms with van der Waals surface area (Å²) in [6.07, 6.45) is 0.871. The molecule has 24 heteroatoms. The van der Waals surface area contributed by atoms with Crippen molar-refractivity contribution in [2.45, 2.75) is 0 Å². The number of aliphatic hydroxyl groups is 2. The Morgan fingerprint density at radius 1 is 0.681 bits per heavy atom. The van der Waals surface area contributed by atoms with Gasteiger partial charge in [0, 0.05) is 53.5 Å². The zero-order valence-electron chi connectivity index (χ0n) is 25.7. The molecular weight excluding hydrogens is 845 g/mol. The highest BCUT2D eigenvalue weighted by Crippen LogP contribution is 2.20. The van der Waals surface area contributed by atoms with E-state index in [0.717, 1.165) is 31.2 Å². The molecule has 0 aromatic rings. The summed E-state index contributed by atoms with van der Waals surface area (Å²) in [5.74, 6) is 4.97. The minimum atomic E-state index is -1.12. The van der Waals surface area contributed by atoms with Gasteiger partial charge in [0.15, 0.2) is 0 Å². The standard InChI is InChI=1S/C23H44N4O8S12/c28-1-5-36-7-3-33-22(30)26-12-40-17-43-16-39-11-25-14-47(32)21-45-19-44-20-46-23(31)27-13-41-18-42-15-38-10-24-9-35-34-4-8-37-6-2-29/h9,14,28-29H,1-8,10-13,15-21H2,(H,26,30)(H,27,31)/b24-9-,25-14-. The number of alkyl carbamates (subject to hydrolysis) is 1. The second kappa shape index (κ2) is 42.2. The predicted molar refractivity (Wildman–Crippen MR) is 226 cm³/mol. The van der Waals surface area contributed by atoms with E-state index in [1.54, 1.807) is 106 Å².